The quantitative estimate of drug-likeness (QED) is 0.386. The fraction of sp³-hybridized carbons (Fsp3) is 0.182. The zero-order valence-electron chi connectivity index (χ0n) is 15.2. The molecule has 2 aromatic carbocycles. The molecule has 4 nitrogen and oxygen atoms in total. The van der Waals surface area contributed by atoms with Gasteiger partial charge in [0.15, 0.2) is 0 Å². The second kappa shape index (κ2) is 8.18. The SMILES string of the molecule is CCCCOc1ccc(Nc2ncnc3sc(-c4ccccc4)cc23)cc1. The lowest BCUT2D eigenvalue weighted by atomic mass is 10.2. The minimum absolute atomic E-state index is 0.757. The molecular formula is C22H21N3OS. The number of fused-ring (bicyclic) bond motifs is 1. The van der Waals surface area contributed by atoms with Crippen LogP contribution in [0.1, 0.15) is 19.8 Å². The molecule has 0 saturated carbocycles. The number of rotatable bonds is 7. The lowest BCUT2D eigenvalue weighted by Gasteiger charge is -2.08. The maximum absolute atomic E-state index is 5.72. The Morgan fingerprint density at radius 1 is 1.00 bits per heavy atom. The molecule has 0 atom stereocenters. The molecule has 4 aromatic rings. The first-order chi connectivity index (χ1) is 13.3. The van der Waals surface area contributed by atoms with E-state index in [2.05, 4.69) is 52.5 Å². The van der Waals surface area contributed by atoms with Crippen LogP contribution in [-0.2, 0) is 0 Å². The number of hydrogen-bond donors (Lipinski definition) is 1. The van der Waals surface area contributed by atoms with Crippen molar-refractivity contribution in [2.45, 2.75) is 19.8 Å². The van der Waals surface area contributed by atoms with Crippen LogP contribution in [-0.4, -0.2) is 16.6 Å². The van der Waals surface area contributed by atoms with Crippen LogP contribution in [0.2, 0.25) is 0 Å². The maximum Gasteiger partial charge on any atom is 0.142 e. The Morgan fingerprint density at radius 3 is 2.59 bits per heavy atom. The molecule has 0 unspecified atom stereocenters. The molecule has 2 aromatic heterocycles. The smallest absolute Gasteiger partial charge is 0.142 e. The van der Waals surface area contributed by atoms with Crippen molar-refractivity contribution in [2.24, 2.45) is 0 Å². The normalized spacial score (nSPS) is 10.9. The van der Waals surface area contributed by atoms with Crippen LogP contribution < -0.4 is 10.1 Å². The molecule has 0 radical (unpaired) electrons. The van der Waals surface area contributed by atoms with Crippen molar-refractivity contribution in [1.82, 2.24) is 9.97 Å². The van der Waals surface area contributed by atoms with Gasteiger partial charge in [0.1, 0.15) is 22.7 Å². The first kappa shape index (κ1) is 17.5. The van der Waals surface area contributed by atoms with E-state index in [4.69, 9.17) is 4.74 Å². The molecule has 1 N–H and O–H groups in total. The monoisotopic (exact) mass is 375 g/mol. The topological polar surface area (TPSA) is 47.0 Å². The summed E-state index contributed by atoms with van der Waals surface area (Å²) in [5.74, 6) is 1.71. The first-order valence-electron chi connectivity index (χ1n) is 9.13. The number of anilines is 2. The van der Waals surface area contributed by atoms with E-state index in [-0.39, 0.29) is 0 Å². The fourth-order valence-corrected chi connectivity index (χ4v) is 3.81. The van der Waals surface area contributed by atoms with Crippen molar-refractivity contribution in [2.75, 3.05) is 11.9 Å². The number of ether oxygens (including phenoxy) is 1. The Morgan fingerprint density at radius 2 is 1.81 bits per heavy atom. The zero-order valence-corrected chi connectivity index (χ0v) is 16.0. The number of nitrogens with zero attached hydrogens (tertiary/aromatic N) is 2. The second-order valence-electron chi connectivity index (χ2n) is 6.27. The van der Waals surface area contributed by atoms with Crippen LogP contribution in [0, 0.1) is 0 Å². The Labute approximate surface area is 162 Å². The number of thiophene rings is 1. The standard InChI is InChI=1S/C22H21N3OS/c1-2-3-13-26-18-11-9-17(10-12-18)25-21-19-14-20(16-7-5-4-6-8-16)27-22(19)24-15-23-21/h4-12,14-15H,2-3,13H2,1H3,(H,23,24,25). The Balaban J connectivity index is 1.56. The molecule has 0 aliphatic carbocycles. The van der Waals surface area contributed by atoms with Gasteiger partial charge in [-0.15, -0.1) is 11.3 Å². The van der Waals surface area contributed by atoms with E-state index < -0.39 is 0 Å². The number of benzene rings is 2. The van der Waals surface area contributed by atoms with Crippen LogP contribution in [0.3, 0.4) is 0 Å². The van der Waals surface area contributed by atoms with E-state index in [0.717, 1.165) is 46.9 Å². The molecule has 0 saturated heterocycles. The highest BCUT2D eigenvalue weighted by molar-refractivity contribution is 7.21. The van der Waals surface area contributed by atoms with Crippen molar-refractivity contribution in [3.05, 3.63) is 67.0 Å². The highest BCUT2D eigenvalue weighted by Gasteiger charge is 2.10. The molecule has 136 valence electrons. The van der Waals surface area contributed by atoms with Crippen LogP contribution in [0.25, 0.3) is 20.7 Å². The largest absolute Gasteiger partial charge is 0.494 e. The van der Waals surface area contributed by atoms with Gasteiger partial charge in [-0.2, -0.15) is 0 Å². The molecule has 2 heterocycles. The van der Waals surface area contributed by atoms with Gasteiger partial charge in [0.25, 0.3) is 0 Å². The van der Waals surface area contributed by atoms with E-state index in [1.807, 2.05) is 30.3 Å². The predicted molar refractivity (Wildman–Crippen MR) is 113 cm³/mol. The van der Waals surface area contributed by atoms with Gasteiger partial charge in [-0.25, -0.2) is 9.97 Å². The van der Waals surface area contributed by atoms with E-state index in [1.165, 1.54) is 10.4 Å². The molecule has 0 fully saturated rings. The highest BCUT2D eigenvalue weighted by atomic mass is 32.1. The van der Waals surface area contributed by atoms with Crippen LogP contribution in [0.15, 0.2) is 67.0 Å². The number of aromatic nitrogens is 2. The van der Waals surface area contributed by atoms with Crippen LogP contribution >= 0.6 is 11.3 Å². The number of unbranched alkanes of at least 4 members (excludes halogenated alkanes) is 1. The van der Waals surface area contributed by atoms with Gasteiger partial charge >= 0.3 is 0 Å². The average molecular weight is 375 g/mol. The van der Waals surface area contributed by atoms with Gasteiger partial charge < -0.3 is 10.1 Å². The minimum Gasteiger partial charge on any atom is -0.494 e. The Hall–Kier alpha value is -2.92. The second-order valence-corrected chi connectivity index (χ2v) is 7.30. The van der Waals surface area contributed by atoms with Crippen molar-refractivity contribution in [3.8, 4) is 16.2 Å². The lowest BCUT2D eigenvalue weighted by molar-refractivity contribution is 0.309. The van der Waals surface area contributed by atoms with E-state index >= 15 is 0 Å². The van der Waals surface area contributed by atoms with Crippen LogP contribution in [0.4, 0.5) is 11.5 Å². The summed E-state index contributed by atoms with van der Waals surface area (Å²) in [4.78, 5) is 11.0. The predicted octanol–water partition coefficient (Wildman–Crippen LogP) is 6.28. The molecule has 5 heteroatoms. The van der Waals surface area contributed by atoms with Crippen molar-refractivity contribution < 1.29 is 4.74 Å². The summed E-state index contributed by atoms with van der Waals surface area (Å²) >= 11 is 1.68. The molecule has 0 aliphatic rings. The van der Waals surface area contributed by atoms with Gasteiger partial charge in [-0.05, 0) is 42.3 Å². The summed E-state index contributed by atoms with van der Waals surface area (Å²) in [5, 5.41) is 4.44. The minimum atomic E-state index is 0.757. The van der Waals surface area contributed by atoms with Crippen molar-refractivity contribution in [1.29, 1.82) is 0 Å². The van der Waals surface area contributed by atoms with Gasteiger partial charge in [-0.1, -0.05) is 43.7 Å². The van der Waals surface area contributed by atoms with Gasteiger partial charge in [0, 0.05) is 10.6 Å². The molecule has 27 heavy (non-hydrogen) atoms. The highest BCUT2D eigenvalue weighted by Crippen LogP contribution is 2.35. The summed E-state index contributed by atoms with van der Waals surface area (Å²) in [5.41, 5.74) is 2.17. The van der Waals surface area contributed by atoms with Crippen molar-refractivity contribution in [3.63, 3.8) is 0 Å². The van der Waals surface area contributed by atoms with Crippen LogP contribution in [0.5, 0.6) is 5.75 Å². The molecule has 0 bridgehead atoms. The molecule has 0 aliphatic heterocycles. The lowest BCUT2D eigenvalue weighted by Crippen LogP contribution is -1.97. The third kappa shape index (κ3) is 4.09. The average Bonchev–Trinajstić information content (AvgIpc) is 3.16. The van der Waals surface area contributed by atoms with Crippen molar-refractivity contribution >= 4 is 33.1 Å². The summed E-state index contributed by atoms with van der Waals surface area (Å²) in [6.45, 7) is 2.92. The summed E-state index contributed by atoms with van der Waals surface area (Å²) in [6.07, 6.45) is 3.81. The van der Waals surface area contributed by atoms with Gasteiger partial charge in [0.05, 0.1) is 12.0 Å². The Bertz CT molecular complexity index is 1010. The third-order valence-corrected chi connectivity index (χ3v) is 5.36. The Kier molecular flexibility index (Phi) is 5.30. The summed E-state index contributed by atoms with van der Waals surface area (Å²) < 4.78 is 5.72. The molecule has 0 spiro atoms. The third-order valence-electron chi connectivity index (χ3n) is 4.27. The summed E-state index contributed by atoms with van der Waals surface area (Å²) in [7, 11) is 0. The number of hydrogen-bond acceptors (Lipinski definition) is 5. The van der Waals surface area contributed by atoms with E-state index in [9.17, 15) is 0 Å². The fourth-order valence-electron chi connectivity index (χ4n) is 2.81. The first-order valence-corrected chi connectivity index (χ1v) is 9.95. The van der Waals surface area contributed by atoms with Gasteiger partial charge in [0.2, 0.25) is 0 Å². The number of nitrogens with one attached hydrogen (secondary N) is 1. The van der Waals surface area contributed by atoms with E-state index in [1.54, 1.807) is 17.7 Å². The summed E-state index contributed by atoms with van der Waals surface area (Å²) in [6, 6.07) is 20.5. The zero-order chi connectivity index (χ0) is 18.5. The molecule has 4 rings (SSSR count). The van der Waals surface area contributed by atoms with E-state index in [0.29, 0.717) is 0 Å². The van der Waals surface area contributed by atoms with Gasteiger partial charge in [-0.3, -0.25) is 0 Å². The molecular weight excluding hydrogens is 354 g/mol. The maximum atomic E-state index is 5.72. The molecule has 0 amide bonds.